The Morgan fingerprint density at radius 3 is 2.42 bits per heavy atom. The summed E-state index contributed by atoms with van der Waals surface area (Å²) in [7, 11) is 0. The smallest absolute Gasteiger partial charge is 0.404 e. The fourth-order valence-corrected chi connectivity index (χ4v) is 4.42. The molecule has 0 aliphatic carbocycles. The van der Waals surface area contributed by atoms with Crippen LogP contribution in [0.3, 0.4) is 0 Å². The summed E-state index contributed by atoms with van der Waals surface area (Å²) in [6.07, 6.45) is -0.566. The van der Waals surface area contributed by atoms with Crippen molar-refractivity contribution in [3.63, 3.8) is 0 Å². The number of rotatable bonds is 10. The standard InChI is InChI=1S/C28H29ClN4O5/c29-21-6-4-5-20(15-21)16-30-26(34)18-33(19-27(35)32-14-13-22(17-32)31-28(36)37)23-9-11-25(12-10-23)38-24-7-2-1-3-8-24/h1-12,15,22,31H,13-14,16-19H2,(H,30,34)(H,36,37)/t22-/m0/s1. The Morgan fingerprint density at radius 1 is 0.974 bits per heavy atom. The minimum atomic E-state index is -1.11. The maximum absolute atomic E-state index is 13.1. The van der Waals surface area contributed by atoms with Crippen LogP contribution in [0.25, 0.3) is 0 Å². The van der Waals surface area contributed by atoms with Crippen molar-refractivity contribution in [1.82, 2.24) is 15.5 Å². The van der Waals surface area contributed by atoms with Gasteiger partial charge in [0, 0.05) is 30.3 Å². The molecule has 3 N–H and O–H groups in total. The minimum absolute atomic E-state index is 0.0384. The van der Waals surface area contributed by atoms with Gasteiger partial charge in [-0.05, 0) is 60.5 Å². The topological polar surface area (TPSA) is 111 Å². The summed E-state index contributed by atoms with van der Waals surface area (Å²) < 4.78 is 5.86. The zero-order chi connectivity index (χ0) is 26.9. The van der Waals surface area contributed by atoms with Gasteiger partial charge < -0.3 is 30.3 Å². The van der Waals surface area contributed by atoms with E-state index in [1.54, 1.807) is 46.2 Å². The fraction of sp³-hybridized carbons (Fsp3) is 0.250. The highest BCUT2D eigenvalue weighted by molar-refractivity contribution is 6.30. The first kappa shape index (κ1) is 26.8. The number of amides is 3. The van der Waals surface area contributed by atoms with Gasteiger partial charge in [-0.15, -0.1) is 0 Å². The number of hydrogen-bond donors (Lipinski definition) is 3. The summed E-state index contributed by atoms with van der Waals surface area (Å²) in [6.45, 7) is 0.963. The molecule has 38 heavy (non-hydrogen) atoms. The van der Waals surface area contributed by atoms with Crippen LogP contribution in [0.4, 0.5) is 10.5 Å². The third-order valence-corrected chi connectivity index (χ3v) is 6.32. The Labute approximate surface area is 226 Å². The quantitative estimate of drug-likeness (QED) is 0.359. The van der Waals surface area contributed by atoms with Crippen molar-refractivity contribution in [2.45, 2.75) is 19.0 Å². The van der Waals surface area contributed by atoms with Crippen LogP contribution in [0.2, 0.25) is 5.02 Å². The van der Waals surface area contributed by atoms with Gasteiger partial charge in [0.05, 0.1) is 19.1 Å². The molecule has 1 fully saturated rings. The molecule has 3 amide bonds. The largest absolute Gasteiger partial charge is 0.465 e. The molecule has 3 aromatic rings. The van der Waals surface area contributed by atoms with Gasteiger partial charge >= 0.3 is 6.09 Å². The molecular formula is C28H29ClN4O5. The van der Waals surface area contributed by atoms with Gasteiger partial charge in [-0.25, -0.2) is 4.79 Å². The van der Waals surface area contributed by atoms with Crippen LogP contribution in [-0.2, 0) is 16.1 Å². The zero-order valence-electron chi connectivity index (χ0n) is 20.7. The van der Waals surface area contributed by atoms with Gasteiger partial charge in [0.25, 0.3) is 0 Å². The lowest BCUT2D eigenvalue weighted by atomic mass is 10.2. The molecule has 0 aromatic heterocycles. The van der Waals surface area contributed by atoms with Crippen LogP contribution >= 0.6 is 11.6 Å². The predicted molar refractivity (Wildman–Crippen MR) is 145 cm³/mol. The number of ether oxygens (including phenoxy) is 1. The molecule has 10 heteroatoms. The van der Waals surface area contributed by atoms with Gasteiger partial charge in [-0.1, -0.05) is 41.9 Å². The molecule has 0 bridgehead atoms. The number of carboxylic acid groups (broad SMARTS) is 1. The van der Waals surface area contributed by atoms with E-state index >= 15 is 0 Å². The number of nitrogens with one attached hydrogen (secondary N) is 2. The average molecular weight is 537 g/mol. The number of benzene rings is 3. The summed E-state index contributed by atoms with van der Waals surface area (Å²) in [4.78, 5) is 40.2. The Kier molecular flexibility index (Phi) is 9.05. The molecule has 1 aliphatic rings. The van der Waals surface area contributed by atoms with Crippen molar-refractivity contribution in [1.29, 1.82) is 0 Å². The van der Waals surface area contributed by atoms with Crippen LogP contribution in [-0.4, -0.2) is 60.1 Å². The molecule has 0 radical (unpaired) electrons. The summed E-state index contributed by atoms with van der Waals surface area (Å²) in [6, 6.07) is 23.5. The van der Waals surface area contributed by atoms with Crippen molar-refractivity contribution in [2.24, 2.45) is 0 Å². The molecule has 1 aliphatic heterocycles. The Hall–Kier alpha value is -4.24. The van der Waals surface area contributed by atoms with Crippen molar-refractivity contribution in [2.75, 3.05) is 31.1 Å². The molecule has 1 heterocycles. The van der Waals surface area contributed by atoms with Gasteiger partial charge in [-0.2, -0.15) is 0 Å². The molecule has 4 rings (SSSR count). The molecule has 0 spiro atoms. The molecule has 0 unspecified atom stereocenters. The van der Waals surface area contributed by atoms with Crippen LogP contribution in [0, 0.1) is 0 Å². The second-order valence-corrected chi connectivity index (χ2v) is 9.38. The number of hydrogen-bond acceptors (Lipinski definition) is 5. The average Bonchev–Trinajstić information content (AvgIpc) is 3.36. The van der Waals surface area contributed by atoms with E-state index in [1.807, 2.05) is 42.5 Å². The Balaban J connectivity index is 1.43. The van der Waals surface area contributed by atoms with Gasteiger partial charge in [-0.3, -0.25) is 9.59 Å². The van der Waals surface area contributed by atoms with E-state index in [2.05, 4.69) is 10.6 Å². The molecule has 1 saturated heterocycles. The van der Waals surface area contributed by atoms with E-state index in [4.69, 9.17) is 21.4 Å². The second kappa shape index (κ2) is 12.8. The van der Waals surface area contributed by atoms with Crippen LogP contribution < -0.4 is 20.3 Å². The maximum atomic E-state index is 13.1. The van der Waals surface area contributed by atoms with E-state index in [0.29, 0.717) is 48.3 Å². The number of para-hydroxylation sites is 1. The first-order valence-corrected chi connectivity index (χ1v) is 12.6. The number of anilines is 1. The fourth-order valence-electron chi connectivity index (χ4n) is 4.21. The minimum Gasteiger partial charge on any atom is -0.465 e. The summed E-state index contributed by atoms with van der Waals surface area (Å²) in [5, 5.41) is 14.9. The number of halogens is 1. The highest BCUT2D eigenvalue weighted by Crippen LogP contribution is 2.25. The molecule has 198 valence electrons. The molecular weight excluding hydrogens is 508 g/mol. The van der Waals surface area contributed by atoms with Crippen LogP contribution in [0.5, 0.6) is 11.5 Å². The lowest BCUT2D eigenvalue weighted by molar-refractivity contribution is -0.128. The Morgan fingerprint density at radius 2 is 1.71 bits per heavy atom. The van der Waals surface area contributed by atoms with E-state index in [9.17, 15) is 14.4 Å². The molecule has 1 atom stereocenters. The van der Waals surface area contributed by atoms with Gasteiger partial charge in [0.15, 0.2) is 0 Å². The zero-order valence-corrected chi connectivity index (χ0v) is 21.4. The maximum Gasteiger partial charge on any atom is 0.404 e. The Bertz CT molecular complexity index is 1260. The first-order chi connectivity index (χ1) is 18.4. The van der Waals surface area contributed by atoms with Gasteiger partial charge in [0.1, 0.15) is 11.5 Å². The number of nitrogens with zero attached hydrogens (tertiary/aromatic N) is 2. The van der Waals surface area contributed by atoms with Crippen molar-refractivity contribution in [3.05, 3.63) is 89.4 Å². The summed E-state index contributed by atoms with van der Waals surface area (Å²) in [5.74, 6) is 0.881. The predicted octanol–water partition coefficient (Wildman–Crippen LogP) is 4.12. The third kappa shape index (κ3) is 7.88. The van der Waals surface area contributed by atoms with Crippen LogP contribution in [0.15, 0.2) is 78.9 Å². The highest BCUT2D eigenvalue weighted by Gasteiger charge is 2.28. The lowest BCUT2D eigenvalue weighted by Crippen LogP contribution is -2.45. The normalized spacial score (nSPS) is 14.6. The van der Waals surface area contributed by atoms with Gasteiger partial charge in [0.2, 0.25) is 11.8 Å². The third-order valence-electron chi connectivity index (χ3n) is 6.09. The van der Waals surface area contributed by atoms with E-state index in [0.717, 1.165) is 5.56 Å². The number of carbonyl (C=O) groups is 3. The van der Waals surface area contributed by atoms with Crippen molar-refractivity contribution < 1.29 is 24.2 Å². The second-order valence-electron chi connectivity index (χ2n) is 8.95. The molecule has 9 nitrogen and oxygen atoms in total. The summed E-state index contributed by atoms with van der Waals surface area (Å²) >= 11 is 6.04. The summed E-state index contributed by atoms with van der Waals surface area (Å²) in [5.41, 5.74) is 1.54. The first-order valence-electron chi connectivity index (χ1n) is 12.2. The van der Waals surface area contributed by atoms with E-state index in [-0.39, 0.29) is 30.9 Å². The van der Waals surface area contributed by atoms with Crippen LogP contribution in [0.1, 0.15) is 12.0 Å². The monoisotopic (exact) mass is 536 g/mol. The van der Waals surface area contributed by atoms with Crippen molar-refractivity contribution in [3.8, 4) is 11.5 Å². The van der Waals surface area contributed by atoms with E-state index < -0.39 is 6.09 Å². The SMILES string of the molecule is O=C(O)N[C@H]1CCN(C(=O)CN(CC(=O)NCc2cccc(Cl)c2)c2ccc(Oc3ccccc3)cc2)C1. The highest BCUT2D eigenvalue weighted by atomic mass is 35.5. The number of likely N-dealkylation sites (tertiary alicyclic amines) is 1. The molecule has 0 saturated carbocycles. The molecule has 3 aromatic carbocycles. The van der Waals surface area contributed by atoms with Crippen molar-refractivity contribution >= 4 is 35.2 Å². The lowest BCUT2D eigenvalue weighted by Gasteiger charge is -2.26. The number of carbonyl (C=O) groups excluding carboxylic acids is 2. The van der Waals surface area contributed by atoms with E-state index in [1.165, 1.54) is 0 Å².